The number of primary amides is 2. The number of nitrogen functional groups attached to an aromatic ring is 1. The average Bonchev–Trinajstić information content (AvgIpc) is 3.80. The average molecular weight is 1060 g/mol. The van der Waals surface area contributed by atoms with Crippen LogP contribution in [0.15, 0.2) is 23.3 Å². The van der Waals surface area contributed by atoms with Crippen LogP contribution in [0.4, 0.5) is 5.82 Å². The van der Waals surface area contributed by atoms with Crippen LogP contribution in [0.1, 0.15) is 94.7 Å². The Morgan fingerprint density at radius 3 is 2.26 bits per heavy atom. The maximum atomic E-state index is 14.0. The summed E-state index contributed by atoms with van der Waals surface area (Å²) in [5.41, 5.74) is 21.6. The fourth-order valence-electron chi connectivity index (χ4n) is 7.05. The number of rotatable bonds is 28. The quantitative estimate of drug-likeness (QED) is 0.0196. The van der Waals surface area contributed by atoms with Crippen molar-refractivity contribution >= 4 is 80.7 Å². The number of carbonyl (C=O) groups excluding carboxylic acids is 7. The molecule has 26 nitrogen and oxygen atoms in total. The Kier molecular flexibility index (Phi) is 20.0. The second-order valence-corrected chi connectivity index (χ2v) is 21.8. The second-order valence-electron chi connectivity index (χ2n) is 17.6. The van der Waals surface area contributed by atoms with Crippen molar-refractivity contribution in [3.63, 3.8) is 0 Å². The minimum atomic E-state index is -1.81. The number of amides is 7. The van der Waals surface area contributed by atoms with E-state index >= 15 is 0 Å². The van der Waals surface area contributed by atoms with Gasteiger partial charge >= 0.3 is 0 Å². The molecule has 18 N–H and O–H groups in total. The van der Waals surface area contributed by atoms with Gasteiger partial charge in [0.1, 0.15) is 57.7 Å². The van der Waals surface area contributed by atoms with Gasteiger partial charge in [0.05, 0.1) is 71.5 Å². The molecular formula is C43H63N16O10S3+. The predicted octanol–water partition coefficient (Wildman–Crippen LogP) is -3.31. The highest BCUT2D eigenvalue weighted by Crippen LogP contribution is 2.39. The third kappa shape index (κ3) is 15.4. The van der Waals surface area contributed by atoms with Gasteiger partial charge in [-0.05, 0) is 37.6 Å². The zero-order valence-electron chi connectivity index (χ0n) is 40.3. The van der Waals surface area contributed by atoms with Crippen LogP contribution in [-0.4, -0.2) is 160 Å². The molecule has 0 saturated heterocycles. The van der Waals surface area contributed by atoms with E-state index in [1.165, 1.54) is 56.0 Å². The Morgan fingerprint density at radius 1 is 0.903 bits per heavy atom. The summed E-state index contributed by atoms with van der Waals surface area (Å²) < 4.78 is 0. The smallest absolute Gasteiger partial charge is 0.271 e. The molecule has 392 valence electrons. The highest BCUT2D eigenvalue weighted by Gasteiger charge is 2.52. The topological polar surface area (TPSA) is 437 Å². The molecule has 8 unspecified atom stereocenters. The van der Waals surface area contributed by atoms with E-state index in [4.69, 9.17) is 22.9 Å². The van der Waals surface area contributed by atoms with Gasteiger partial charge in [-0.2, -0.15) is 0 Å². The van der Waals surface area contributed by atoms with Crippen molar-refractivity contribution in [1.82, 2.24) is 61.8 Å². The van der Waals surface area contributed by atoms with Gasteiger partial charge in [-0.1, -0.05) is 6.92 Å². The molecular weight excluding hydrogens is 997 g/mol. The summed E-state index contributed by atoms with van der Waals surface area (Å²) in [5, 5.41) is 54.5. The number of aliphatic hydroxyl groups is 3. The van der Waals surface area contributed by atoms with Crippen LogP contribution >= 0.6 is 22.7 Å². The van der Waals surface area contributed by atoms with Crippen LogP contribution in [-0.2, 0) is 41.3 Å². The minimum Gasteiger partial charge on any atom is -0.390 e. The molecule has 0 spiro atoms. The molecule has 0 aromatic carbocycles. The number of aromatic nitrogens is 6. The zero-order chi connectivity index (χ0) is 53.0. The summed E-state index contributed by atoms with van der Waals surface area (Å²) in [7, 11) is 0.296. The summed E-state index contributed by atoms with van der Waals surface area (Å²) in [6.07, 6.45) is 4.57. The monoisotopic (exact) mass is 1060 g/mol. The fraction of sp³-hybridized carbons (Fsp3) is 0.535. The van der Waals surface area contributed by atoms with Gasteiger partial charge in [0, 0.05) is 55.2 Å². The van der Waals surface area contributed by atoms with Gasteiger partial charge in [-0.25, -0.2) is 24.9 Å². The maximum absolute atomic E-state index is 14.0. The number of thiazole rings is 2. The number of hydrogen-bond acceptors (Lipinski definition) is 20. The van der Waals surface area contributed by atoms with Gasteiger partial charge in [-0.3, -0.25) is 33.6 Å². The van der Waals surface area contributed by atoms with Crippen LogP contribution in [0, 0.1) is 12.8 Å². The highest BCUT2D eigenvalue weighted by molar-refractivity contribution is 7.95. The molecule has 4 aromatic rings. The normalized spacial score (nSPS) is 16.2. The Balaban J connectivity index is 1.20. The van der Waals surface area contributed by atoms with Crippen molar-refractivity contribution < 1.29 is 48.9 Å². The molecule has 4 aromatic heterocycles. The molecule has 7 amide bonds. The summed E-state index contributed by atoms with van der Waals surface area (Å²) in [4.78, 5) is 115. The summed E-state index contributed by atoms with van der Waals surface area (Å²) in [6.45, 7) is 4.56. The first-order valence-electron chi connectivity index (χ1n) is 22.7. The molecule has 5 rings (SSSR count). The van der Waals surface area contributed by atoms with E-state index < -0.39 is 95.8 Å². The van der Waals surface area contributed by atoms with Crippen LogP contribution in [0.5, 0.6) is 0 Å². The van der Waals surface area contributed by atoms with E-state index in [1.54, 1.807) is 10.8 Å². The van der Waals surface area contributed by atoms with Crippen LogP contribution in [0.3, 0.4) is 0 Å². The van der Waals surface area contributed by atoms with Crippen molar-refractivity contribution in [1.29, 1.82) is 0 Å². The minimum absolute atomic E-state index is 0.00534. The maximum Gasteiger partial charge on any atom is 0.271 e. The van der Waals surface area contributed by atoms with E-state index in [2.05, 4.69) is 74.3 Å². The van der Waals surface area contributed by atoms with Crippen molar-refractivity contribution in [3.8, 4) is 10.7 Å². The first-order chi connectivity index (χ1) is 34.0. The standard InChI is InChI=1S/C43H62N16O10S3/c1-19-29(56-36(59-34(19)46)23(13-27(45)60)51-14-22(44)35(47)63)39(66)57-30(32(62)24-15-48-18-52-24)40(67)53-21(3)31(61)20(2)37(64)58-33(43(69)8-9-43)41(68)50-11-7-28-54-26(17-70-28)42-55-25(16-71-42)38(65)49-10-6-12-72(4)5/h15-18,20-23,30-33,51,61-62,69H,6-14,44H2,1-5H3,(H11-,45,46,47,48,49,50,52,53,56,57,58,59,60,63,64,65,66,67,68)/p+1. The molecule has 72 heavy (non-hydrogen) atoms. The third-order valence-corrected chi connectivity index (χ3v) is 14.5. The number of hydrogen-bond donors (Lipinski definition) is 14. The Bertz CT molecular complexity index is 2560. The molecule has 29 heteroatoms. The first-order valence-corrected chi connectivity index (χ1v) is 26.7. The molecule has 0 radical (unpaired) electrons. The van der Waals surface area contributed by atoms with Gasteiger partial charge < -0.3 is 75.1 Å². The van der Waals surface area contributed by atoms with E-state index in [-0.39, 0.29) is 60.4 Å². The van der Waals surface area contributed by atoms with Crippen molar-refractivity contribution in [2.45, 2.75) is 101 Å². The first kappa shape index (κ1) is 56.7. The third-order valence-electron chi connectivity index (χ3n) is 11.6. The molecule has 1 aliphatic carbocycles. The summed E-state index contributed by atoms with van der Waals surface area (Å²) >= 11 is 2.64. The van der Waals surface area contributed by atoms with Crippen molar-refractivity contribution in [3.05, 3.63) is 56.8 Å². The number of anilines is 1. The Hall–Kier alpha value is -6.21. The molecule has 8 atom stereocenters. The molecule has 1 aliphatic rings. The van der Waals surface area contributed by atoms with Gasteiger partial charge in [0.2, 0.25) is 29.5 Å². The second kappa shape index (κ2) is 25.4. The van der Waals surface area contributed by atoms with Crippen molar-refractivity contribution in [2.24, 2.45) is 23.1 Å². The van der Waals surface area contributed by atoms with Gasteiger partial charge in [0.15, 0.2) is 0 Å². The van der Waals surface area contributed by atoms with E-state index in [1.807, 2.05) is 0 Å². The number of nitrogens with zero attached hydrogens (tertiary/aromatic N) is 5. The predicted molar refractivity (Wildman–Crippen MR) is 268 cm³/mol. The molecule has 0 bridgehead atoms. The number of nitrogens with one attached hydrogen (secondary N) is 7. The number of nitrogens with two attached hydrogens (primary N) is 4. The van der Waals surface area contributed by atoms with Crippen LogP contribution in [0.25, 0.3) is 10.7 Å². The SMILES string of the molecule is Cc1c(N)nc(C(CC(N)=O)NCC(N)C(N)=O)nc1C(=O)NC(C(=O)NC(C)C(O)C(C)C(=O)NC(C(=O)NCCc1nc(-c2nc(C(=O)NCCC[S+](C)C)cs2)cs1)C1(O)CC1)C(O)c1cnc[nH]1. The fourth-order valence-corrected chi connectivity index (χ4v) is 9.39. The molecule has 1 fully saturated rings. The molecule has 0 aliphatic heterocycles. The number of imidazole rings is 1. The van der Waals surface area contributed by atoms with Gasteiger partial charge in [-0.15, -0.1) is 22.7 Å². The number of aromatic amines is 1. The van der Waals surface area contributed by atoms with Crippen molar-refractivity contribution in [2.75, 3.05) is 43.6 Å². The largest absolute Gasteiger partial charge is 0.390 e. The zero-order valence-corrected chi connectivity index (χ0v) is 42.7. The lowest BCUT2D eigenvalue weighted by atomic mass is 9.96. The number of aliphatic hydroxyl groups excluding tert-OH is 2. The van der Waals surface area contributed by atoms with Gasteiger partial charge in [0.25, 0.3) is 11.8 Å². The number of H-pyrrole nitrogens is 1. The lowest BCUT2D eigenvalue weighted by Crippen LogP contribution is -2.58. The summed E-state index contributed by atoms with van der Waals surface area (Å²) in [5.74, 6) is -6.11. The Morgan fingerprint density at radius 2 is 1.62 bits per heavy atom. The van der Waals surface area contributed by atoms with Crippen LogP contribution in [0.2, 0.25) is 0 Å². The molecule has 4 heterocycles. The van der Waals surface area contributed by atoms with E-state index in [0.717, 1.165) is 12.2 Å². The van der Waals surface area contributed by atoms with E-state index in [9.17, 15) is 48.9 Å². The summed E-state index contributed by atoms with van der Waals surface area (Å²) in [6, 6.07) is -6.70. The van der Waals surface area contributed by atoms with E-state index in [0.29, 0.717) is 45.3 Å². The Labute approximate surface area is 424 Å². The number of carbonyl (C=O) groups is 7. The lowest BCUT2D eigenvalue weighted by Gasteiger charge is -2.30. The van der Waals surface area contributed by atoms with Crippen LogP contribution < -0.4 is 54.8 Å². The lowest BCUT2D eigenvalue weighted by molar-refractivity contribution is -0.137. The highest BCUT2D eigenvalue weighted by atomic mass is 32.2. The molecule has 1 saturated carbocycles.